The molecule has 2 atom stereocenters. The lowest BCUT2D eigenvalue weighted by Gasteiger charge is -2.16. The highest BCUT2D eigenvalue weighted by atomic mass is 19.4. The summed E-state index contributed by atoms with van der Waals surface area (Å²) in [7, 11) is 0. The van der Waals surface area contributed by atoms with Crippen LogP contribution in [0.5, 0.6) is 5.75 Å². The van der Waals surface area contributed by atoms with Gasteiger partial charge in [-0.1, -0.05) is 12.1 Å². The van der Waals surface area contributed by atoms with Gasteiger partial charge in [0.2, 0.25) is 0 Å². The van der Waals surface area contributed by atoms with Gasteiger partial charge in [-0.25, -0.2) is 0 Å². The molecule has 3 rings (SSSR count). The minimum Gasteiger partial charge on any atom is -0.491 e. The molecule has 2 aromatic rings. The molecular weight excluding hydrogens is 371 g/mol. The van der Waals surface area contributed by atoms with Crippen LogP contribution in [0.25, 0.3) is 0 Å². The third-order valence-corrected chi connectivity index (χ3v) is 4.64. The van der Waals surface area contributed by atoms with Crippen molar-refractivity contribution in [2.45, 2.75) is 38.1 Å². The fourth-order valence-corrected chi connectivity index (χ4v) is 3.02. The number of carbonyl (C=O) groups excluding carboxylic acids is 1. The van der Waals surface area contributed by atoms with Crippen LogP contribution in [0.2, 0.25) is 0 Å². The Bertz CT molecular complexity index is 799. The number of benzene rings is 2. The fourth-order valence-electron chi connectivity index (χ4n) is 3.02. The smallest absolute Gasteiger partial charge is 0.416 e. The summed E-state index contributed by atoms with van der Waals surface area (Å²) in [6.45, 7) is 2.88. The first-order valence-electron chi connectivity index (χ1n) is 9.15. The van der Waals surface area contributed by atoms with Gasteiger partial charge < -0.3 is 14.8 Å². The molecule has 0 aromatic heterocycles. The molecule has 0 bridgehead atoms. The van der Waals surface area contributed by atoms with Crippen molar-refractivity contribution in [2.75, 3.05) is 13.2 Å². The molecule has 1 N–H and O–H groups in total. The first-order valence-corrected chi connectivity index (χ1v) is 9.15. The third kappa shape index (κ3) is 5.25. The zero-order valence-electron chi connectivity index (χ0n) is 15.5. The molecule has 1 fully saturated rings. The third-order valence-electron chi connectivity index (χ3n) is 4.64. The summed E-state index contributed by atoms with van der Waals surface area (Å²) in [5.41, 5.74) is 0.0572. The van der Waals surface area contributed by atoms with E-state index >= 15 is 0 Å². The standard InChI is InChI=1S/C21H22F3NO3/c1-14(16-4-2-5-17(12-16)21(22,23)24)25-20(26)15-7-9-18(10-8-15)28-13-19-6-3-11-27-19/h2,4-5,7-10,12,14,19H,3,6,11,13H2,1H3,(H,25,26)/t14-,19+/m1/s1. The molecule has 1 saturated heterocycles. The van der Waals surface area contributed by atoms with E-state index in [0.29, 0.717) is 23.5 Å². The van der Waals surface area contributed by atoms with Gasteiger partial charge in [-0.3, -0.25) is 4.79 Å². The number of hydrogen-bond acceptors (Lipinski definition) is 3. The van der Waals surface area contributed by atoms with Crippen LogP contribution >= 0.6 is 0 Å². The van der Waals surface area contributed by atoms with Crippen molar-refractivity contribution in [2.24, 2.45) is 0 Å². The number of carbonyl (C=O) groups is 1. The second-order valence-corrected chi connectivity index (χ2v) is 6.79. The van der Waals surface area contributed by atoms with E-state index in [1.54, 1.807) is 37.3 Å². The fraction of sp³-hybridized carbons (Fsp3) is 0.381. The van der Waals surface area contributed by atoms with E-state index in [1.165, 1.54) is 6.07 Å². The Labute approximate surface area is 161 Å². The average molecular weight is 393 g/mol. The molecule has 1 amide bonds. The Morgan fingerprint density at radius 2 is 2.00 bits per heavy atom. The highest BCUT2D eigenvalue weighted by Crippen LogP contribution is 2.30. The first-order chi connectivity index (χ1) is 13.3. The SMILES string of the molecule is C[C@@H](NC(=O)c1ccc(OC[C@@H]2CCCO2)cc1)c1cccc(C(F)(F)F)c1. The molecule has 0 unspecified atom stereocenters. The van der Waals surface area contributed by atoms with Crippen molar-refractivity contribution in [3.05, 3.63) is 65.2 Å². The average Bonchev–Trinajstić information content (AvgIpc) is 3.20. The Hall–Kier alpha value is -2.54. The van der Waals surface area contributed by atoms with Gasteiger partial charge >= 0.3 is 6.18 Å². The first kappa shape index (κ1) is 20.2. The summed E-state index contributed by atoms with van der Waals surface area (Å²) in [5, 5.41) is 2.72. The van der Waals surface area contributed by atoms with Crippen molar-refractivity contribution < 1.29 is 27.4 Å². The summed E-state index contributed by atoms with van der Waals surface area (Å²) < 4.78 is 49.7. The zero-order chi connectivity index (χ0) is 20.1. The predicted octanol–water partition coefficient (Wildman–Crippen LogP) is 4.75. The lowest BCUT2D eigenvalue weighted by Crippen LogP contribution is -2.26. The molecule has 2 aromatic carbocycles. The number of hydrogen-bond donors (Lipinski definition) is 1. The Balaban J connectivity index is 1.58. The predicted molar refractivity (Wildman–Crippen MR) is 98.2 cm³/mol. The molecule has 1 aliphatic rings. The highest BCUT2D eigenvalue weighted by Gasteiger charge is 2.30. The molecule has 0 aliphatic carbocycles. The zero-order valence-corrected chi connectivity index (χ0v) is 15.5. The summed E-state index contributed by atoms with van der Waals surface area (Å²) in [6, 6.07) is 11.0. The van der Waals surface area contributed by atoms with E-state index < -0.39 is 17.8 Å². The van der Waals surface area contributed by atoms with E-state index in [4.69, 9.17) is 9.47 Å². The van der Waals surface area contributed by atoms with Gasteiger partial charge in [0.05, 0.1) is 17.7 Å². The second-order valence-electron chi connectivity index (χ2n) is 6.79. The molecule has 4 nitrogen and oxygen atoms in total. The second kappa shape index (κ2) is 8.65. The van der Waals surface area contributed by atoms with Crippen LogP contribution in [0.3, 0.4) is 0 Å². The van der Waals surface area contributed by atoms with Crippen LogP contribution in [-0.4, -0.2) is 25.2 Å². The van der Waals surface area contributed by atoms with Crippen molar-refractivity contribution in [3.8, 4) is 5.75 Å². The van der Waals surface area contributed by atoms with Crippen LogP contribution in [0.1, 0.15) is 47.3 Å². The lowest BCUT2D eigenvalue weighted by molar-refractivity contribution is -0.137. The van der Waals surface area contributed by atoms with E-state index in [-0.39, 0.29) is 12.0 Å². The monoisotopic (exact) mass is 393 g/mol. The number of ether oxygens (including phenoxy) is 2. The maximum atomic E-state index is 12.9. The van der Waals surface area contributed by atoms with Crippen LogP contribution in [-0.2, 0) is 10.9 Å². The van der Waals surface area contributed by atoms with E-state index in [9.17, 15) is 18.0 Å². The quantitative estimate of drug-likeness (QED) is 0.770. The maximum absolute atomic E-state index is 12.9. The van der Waals surface area contributed by atoms with Gasteiger partial charge in [-0.15, -0.1) is 0 Å². The van der Waals surface area contributed by atoms with Gasteiger partial charge in [0.1, 0.15) is 12.4 Å². The summed E-state index contributed by atoms with van der Waals surface area (Å²) in [5.74, 6) is 0.272. The van der Waals surface area contributed by atoms with E-state index in [2.05, 4.69) is 5.32 Å². The number of alkyl halides is 3. The lowest BCUT2D eigenvalue weighted by atomic mass is 10.0. The van der Waals surface area contributed by atoms with Gasteiger partial charge in [0.25, 0.3) is 5.91 Å². The van der Waals surface area contributed by atoms with Crippen molar-refractivity contribution in [1.82, 2.24) is 5.32 Å². The Kier molecular flexibility index (Phi) is 6.24. The van der Waals surface area contributed by atoms with Crippen LogP contribution < -0.4 is 10.1 Å². The van der Waals surface area contributed by atoms with Gasteiger partial charge in [0.15, 0.2) is 0 Å². The highest BCUT2D eigenvalue weighted by molar-refractivity contribution is 5.94. The molecule has 1 aliphatic heterocycles. The van der Waals surface area contributed by atoms with Gasteiger partial charge in [0, 0.05) is 12.2 Å². The topological polar surface area (TPSA) is 47.6 Å². The van der Waals surface area contributed by atoms with Gasteiger partial charge in [-0.2, -0.15) is 13.2 Å². The molecule has 7 heteroatoms. The molecule has 0 radical (unpaired) electrons. The maximum Gasteiger partial charge on any atom is 0.416 e. The Morgan fingerprint density at radius 1 is 1.25 bits per heavy atom. The molecule has 28 heavy (non-hydrogen) atoms. The van der Waals surface area contributed by atoms with Crippen molar-refractivity contribution in [1.29, 1.82) is 0 Å². The van der Waals surface area contributed by atoms with Crippen molar-refractivity contribution in [3.63, 3.8) is 0 Å². The number of amides is 1. The number of nitrogens with one attached hydrogen (secondary N) is 1. The van der Waals surface area contributed by atoms with Crippen LogP contribution in [0.4, 0.5) is 13.2 Å². The van der Waals surface area contributed by atoms with E-state index in [1.807, 2.05) is 0 Å². The molecule has 1 heterocycles. The molecule has 0 spiro atoms. The molecular formula is C21H22F3NO3. The molecule has 150 valence electrons. The minimum atomic E-state index is -4.42. The van der Waals surface area contributed by atoms with Gasteiger partial charge in [-0.05, 0) is 61.7 Å². The normalized spacial score (nSPS) is 17.9. The molecule has 0 saturated carbocycles. The number of rotatable bonds is 6. The van der Waals surface area contributed by atoms with E-state index in [0.717, 1.165) is 31.6 Å². The van der Waals surface area contributed by atoms with Crippen LogP contribution in [0, 0.1) is 0 Å². The summed E-state index contributed by atoms with van der Waals surface area (Å²) in [6.07, 6.45) is -2.29. The summed E-state index contributed by atoms with van der Waals surface area (Å²) in [4.78, 5) is 12.4. The number of halogens is 3. The van der Waals surface area contributed by atoms with Crippen LogP contribution in [0.15, 0.2) is 48.5 Å². The summed E-state index contributed by atoms with van der Waals surface area (Å²) >= 11 is 0. The largest absolute Gasteiger partial charge is 0.491 e. The Morgan fingerprint density at radius 3 is 2.64 bits per heavy atom. The minimum absolute atomic E-state index is 0.108. The van der Waals surface area contributed by atoms with Crippen molar-refractivity contribution >= 4 is 5.91 Å².